The largest absolute Gasteiger partial charge is 0.482 e. The molecule has 1 N–H and O–H groups in total. The third kappa shape index (κ3) is 1.98. The van der Waals surface area contributed by atoms with Crippen LogP contribution in [0.2, 0.25) is 0 Å². The highest BCUT2D eigenvalue weighted by Gasteiger charge is 2.21. The molecular formula is C9H8ClNO4S. The van der Waals surface area contributed by atoms with Crippen molar-refractivity contribution in [2.45, 2.75) is 11.8 Å². The van der Waals surface area contributed by atoms with Gasteiger partial charge in [0.15, 0.2) is 6.61 Å². The molecule has 5 nitrogen and oxygen atoms in total. The van der Waals surface area contributed by atoms with Crippen LogP contribution in [0.25, 0.3) is 0 Å². The zero-order valence-corrected chi connectivity index (χ0v) is 9.85. The van der Waals surface area contributed by atoms with Gasteiger partial charge in [0, 0.05) is 10.7 Å². The first-order valence-corrected chi connectivity index (χ1v) is 6.71. The Morgan fingerprint density at radius 1 is 1.44 bits per heavy atom. The van der Waals surface area contributed by atoms with Crippen LogP contribution in [0.1, 0.15) is 5.56 Å². The van der Waals surface area contributed by atoms with Crippen LogP contribution in [0.3, 0.4) is 0 Å². The van der Waals surface area contributed by atoms with Crippen molar-refractivity contribution < 1.29 is 17.9 Å². The fourth-order valence-corrected chi connectivity index (χ4v) is 2.67. The summed E-state index contributed by atoms with van der Waals surface area (Å²) in [5, 5.41) is 2.51. The molecule has 1 heterocycles. The van der Waals surface area contributed by atoms with Gasteiger partial charge in [-0.2, -0.15) is 0 Å². The summed E-state index contributed by atoms with van der Waals surface area (Å²) in [5.74, 6) is 0.121. The van der Waals surface area contributed by atoms with E-state index in [1.54, 1.807) is 6.92 Å². The third-order valence-electron chi connectivity index (χ3n) is 2.17. The third-order valence-corrected chi connectivity index (χ3v) is 3.64. The van der Waals surface area contributed by atoms with Crippen LogP contribution in [0.15, 0.2) is 17.0 Å². The number of hydrogen-bond acceptors (Lipinski definition) is 4. The summed E-state index contributed by atoms with van der Waals surface area (Å²) < 4.78 is 27.6. The molecular weight excluding hydrogens is 254 g/mol. The van der Waals surface area contributed by atoms with Crippen molar-refractivity contribution in [3.63, 3.8) is 0 Å². The lowest BCUT2D eigenvalue weighted by Gasteiger charge is -2.19. The standard InChI is InChI=1S/C9H8ClNO4S/c1-5-2-7-6(11-9(12)4-15-7)3-8(5)16(10,13)14/h2-3H,4H2,1H3,(H,11,12). The average Bonchev–Trinajstić information content (AvgIpc) is 2.16. The molecule has 0 bridgehead atoms. The molecule has 0 radical (unpaired) electrons. The van der Waals surface area contributed by atoms with Crippen LogP contribution in [0, 0.1) is 6.92 Å². The molecule has 1 aliphatic rings. The van der Waals surface area contributed by atoms with Crippen molar-refractivity contribution in [2.24, 2.45) is 0 Å². The number of nitrogens with one attached hydrogen (secondary N) is 1. The van der Waals surface area contributed by atoms with Gasteiger partial charge >= 0.3 is 0 Å². The topological polar surface area (TPSA) is 72.5 Å². The second-order valence-corrected chi connectivity index (χ2v) is 5.92. The number of amides is 1. The van der Waals surface area contributed by atoms with Crippen LogP contribution in [0.5, 0.6) is 5.75 Å². The van der Waals surface area contributed by atoms with Gasteiger partial charge in [-0.3, -0.25) is 4.79 Å². The number of halogens is 1. The molecule has 0 saturated carbocycles. The second kappa shape index (κ2) is 3.64. The van der Waals surface area contributed by atoms with Gasteiger partial charge < -0.3 is 10.1 Å². The molecule has 1 aromatic carbocycles. The smallest absolute Gasteiger partial charge is 0.262 e. The minimum Gasteiger partial charge on any atom is -0.482 e. The fourth-order valence-electron chi connectivity index (χ4n) is 1.47. The van der Waals surface area contributed by atoms with Crippen molar-refractivity contribution in [3.05, 3.63) is 17.7 Å². The fraction of sp³-hybridized carbons (Fsp3) is 0.222. The number of aryl methyl sites for hydroxylation is 1. The quantitative estimate of drug-likeness (QED) is 0.773. The molecule has 0 saturated heterocycles. The lowest BCUT2D eigenvalue weighted by molar-refractivity contribution is -0.118. The van der Waals surface area contributed by atoms with E-state index in [4.69, 9.17) is 15.4 Å². The van der Waals surface area contributed by atoms with Crippen LogP contribution in [-0.4, -0.2) is 20.9 Å². The van der Waals surface area contributed by atoms with Gasteiger partial charge in [0.2, 0.25) is 0 Å². The van der Waals surface area contributed by atoms with Crippen molar-refractivity contribution >= 4 is 31.3 Å². The Balaban J connectivity index is 2.60. The molecule has 0 aliphatic carbocycles. The van der Waals surface area contributed by atoms with Crippen LogP contribution in [-0.2, 0) is 13.8 Å². The normalized spacial score (nSPS) is 15.0. The van der Waals surface area contributed by atoms with E-state index in [1.807, 2.05) is 0 Å². The summed E-state index contributed by atoms with van der Waals surface area (Å²) in [6.45, 7) is 1.54. The van der Waals surface area contributed by atoms with E-state index < -0.39 is 9.05 Å². The number of anilines is 1. The lowest BCUT2D eigenvalue weighted by atomic mass is 10.2. The van der Waals surface area contributed by atoms with Crippen molar-refractivity contribution in [3.8, 4) is 5.75 Å². The molecule has 0 spiro atoms. The molecule has 0 atom stereocenters. The van der Waals surface area contributed by atoms with Crippen molar-refractivity contribution in [2.75, 3.05) is 11.9 Å². The van der Waals surface area contributed by atoms with Crippen molar-refractivity contribution in [1.82, 2.24) is 0 Å². The summed E-state index contributed by atoms with van der Waals surface area (Å²) >= 11 is 0. The highest BCUT2D eigenvalue weighted by atomic mass is 35.7. The molecule has 2 rings (SSSR count). The number of carbonyl (C=O) groups excluding carboxylic acids is 1. The molecule has 0 aromatic heterocycles. The molecule has 1 aliphatic heterocycles. The van der Waals surface area contributed by atoms with Gasteiger partial charge in [-0.05, 0) is 24.6 Å². The van der Waals surface area contributed by atoms with E-state index in [9.17, 15) is 13.2 Å². The second-order valence-electron chi connectivity index (χ2n) is 3.39. The molecule has 7 heteroatoms. The van der Waals surface area contributed by atoms with E-state index in [0.717, 1.165) is 0 Å². The zero-order chi connectivity index (χ0) is 11.9. The molecule has 1 aromatic rings. The lowest BCUT2D eigenvalue weighted by Crippen LogP contribution is -2.25. The first-order chi connectivity index (χ1) is 7.38. The maximum Gasteiger partial charge on any atom is 0.262 e. The summed E-state index contributed by atoms with van der Waals surface area (Å²) in [6.07, 6.45) is 0. The molecule has 16 heavy (non-hydrogen) atoms. The number of rotatable bonds is 1. The summed E-state index contributed by atoms with van der Waals surface area (Å²) in [6, 6.07) is 2.83. The number of ether oxygens (including phenoxy) is 1. The average molecular weight is 262 g/mol. The molecule has 1 amide bonds. The first kappa shape index (κ1) is 11.2. The number of hydrogen-bond donors (Lipinski definition) is 1. The van der Waals surface area contributed by atoms with Crippen LogP contribution in [0.4, 0.5) is 5.69 Å². The van der Waals surface area contributed by atoms with E-state index in [0.29, 0.717) is 17.0 Å². The Kier molecular flexibility index (Phi) is 2.55. The highest BCUT2D eigenvalue weighted by molar-refractivity contribution is 8.13. The Labute approximate surface area is 96.8 Å². The Bertz CT molecular complexity index is 567. The Hall–Kier alpha value is -1.27. The number of benzene rings is 1. The predicted molar refractivity (Wildman–Crippen MR) is 58.3 cm³/mol. The predicted octanol–water partition coefficient (Wildman–Crippen LogP) is 1.25. The summed E-state index contributed by atoms with van der Waals surface area (Å²) in [4.78, 5) is 11.0. The monoisotopic (exact) mass is 261 g/mol. The number of carbonyl (C=O) groups is 1. The van der Waals surface area contributed by atoms with Gasteiger partial charge in [0.25, 0.3) is 15.0 Å². The van der Waals surface area contributed by atoms with Crippen molar-refractivity contribution in [1.29, 1.82) is 0 Å². The summed E-state index contributed by atoms with van der Waals surface area (Å²) in [7, 11) is 1.44. The Morgan fingerprint density at radius 2 is 2.12 bits per heavy atom. The zero-order valence-electron chi connectivity index (χ0n) is 8.28. The Morgan fingerprint density at radius 3 is 2.75 bits per heavy atom. The van der Waals surface area contributed by atoms with E-state index in [2.05, 4.69) is 5.32 Å². The van der Waals surface area contributed by atoms with Gasteiger partial charge in [-0.15, -0.1) is 0 Å². The minimum atomic E-state index is -3.82. The van der Waals surface area contributed by atoms with Gasteiger partial charge in [-0.1, -0.05) is 0 Å². The first-order valence-electron chi connectivity index (χ1n) is 4.40. The SMILES string of the molecule is Cc1cc2c(cc1S(=O)(=O)Cl)NC(=O)CO2. The maximum atomic E-state index is 11.2. The van der Waals surface area contributed by atoms with E-state index >= 15 is 0 Å². The van der Waals surface area contributed by atoms with Crippen LogP contribution >= 0.6 is 10.7 Å². The van der Waals surface area contributed by atoms with Gasteiger partial charge in [-0.25, -0.2) is 8.42 Å². The summed E-state index contributed by atoms with van der Waals surface area (Å²) in [5.41, 5.74) is 0.797. The van der Waals surface area contributed by atoms with Gasteiger partial charge in [0.1, 0.15) is 5.75 Å². The van der Waals surface area contributed by atoms with E-state index in [1.165, 1.54) is 12.1 Å². The van der Waals surface area contributed by atoms with E-state index in [-0.39, 0.29) is 17.4 Å². The van der Waals surface area contributed by atoms with Crippen LogP contribution < -0.4 is 10.1 Å². The minimum absolute atomic E-state index is 0.0290. The molecule has 86 valence electrons. The highest BCUT2D eigenvalue weighted by Crippen LogP contribution is 2.33. The maximum absolute atomic E-state index is 11.2. The van der Waals surface area contributed by atoms with Gasteiger partial charge in [0.05, 0.1) is 10.6 Å². The molecule has 0 unspecified atom stereocenters. The number of fused-ring (bicyclic) bond motifs is 1. The molecule has 0 fully saturated rings.